The van der Waals surface area contributed by atoms with Gasteiger partial charge in [0.15, 0.2) is 0 Å². The number of amides is 2. The van der Waals surface area contributed by atoms with Gasteiger partial charge in [-0.2, -0.15) is 0 Å². The molecule has 0 bridgehead atoms. The van der Waals surface area contributed by atoms with Crippen molar-refractivity contribution in [3.05, 3.63) is 53.6 Å². The summed E-state index contributed by atoms with van der Waals surface area (Å²) in [5, 5.41) is 5.54. The summed E-state index contributed by atoms with van der Waals surface area (Å²) in [5.74, 6) is 0.187. The van der Waals surface area contributed by atoms with Crippen LogP contribution in [0.5, 0.6) is 0 Å². The van der Waals surface area contributed by atoms with Crippen molar-refractivity contribution in [2.75, 3.05) is 16.4 Å². The molecule has 0 saturated heterocycles. The summed E-state index contributed by atoms with van der Waals surface area (Å²) < 4.78 is 0. The lowest BCUT2D eigenvalue weighted by molar-refractivity contribution is -0.114. The van der Waals surface area contributed by atoms with Crippen molar-refractivity contribution in [2.24, 2.45) is 0 Å². The number of carbonyl (C=O) groups is 2. The quantitative estimate of drug-likeness (QED) is 0.816. The fraction of sp³-hybridized carbons (Fsp3) is 0.222. The minimum Gasteiger partial charge on any atom is -0.326 e. The van der Waals surface area contributed by atoms with Crippen LogP contribution in [0, 0.1) is 13.8 Å². The van der Waals surface area contributed by atoms with Crippen molar-refractivity contribution < 1.29 is 9.59 Å². The van der Waals surface area contributed by atoms with Crippen LogP contribution in [0.4, 0.5) is 11.4 Å². The number of hydrogen-bond acceptors (Lipinski definition) is 3. The number of hydrogen-bond donors (Lipinski definition) is 2. The lowest BCUT2D eigenvalue weighted by atomic mass is 10.2. The predicted octanol–water partition coefficient (Wildman–Crippen LogP) is 3.99. The Morgan fingerprint density at radius 2 is 1.57 bits per heavy atom. The number of aryl methyl sites for hydroxylation is 2. The molecule has 0 fully saturated rings. The van der Waals surface area contributed by atoms with Crippen LogP contribution in [0.1, 0.15) is 18.1 Å². The Bertz CT molecular complexity index is 711. The van der Waals surface area contributed by atoms with Crippen molar-refractivity contribution in [1.29, 1.82) is 0 Å². The first-order valence-electron chi connectivity index (χ1n) is 7.31. The minimum atomic E-state index is -0.119. The van der Waals surface area contributed by atoms with Crippen LogP contribution in [0.25, 0.3) is 0 Å². The zero-order valence-electron chi connectivity index (χ0n) is 13.5. The lowest BCUT2D eigenvalue weighted by Gasteiger charge is -2.08. The highest BCUT2D eigenvalue weighted by Gasteiger charge is 2.06. The van der Waals surface area contributed by atoms with Gasteiger partial charge in [0.1, 0.15) is 0 Å². The van der Waals surface area contributed by atoms with Gasteiger partial charge in [0.2, 0.25) is 11.8 Å². The van der Waals surface area contributed by atoms with Crippen LogP contribution in [0.15, 0.2) is 47.4 Å². The van der Waals surface area contributed by atoms with E-state index in [9.17, 15) is 9.59 Å². The average molecular weight is 328 g/mol. The van der Waals surface area contributed by atoms with Crippen molar-refractivity contribution >= 4 is 35.0 Å². The summed E-state index contributed by atoms with van der Waals surface area (Å²) in [4.78, 5) is 24.1. The van der Waals surface area contributed by atoms with Gasteiger partial charge in [0, 0.05) is 23.2 Å². The van der Waals surface area contributed by atoms with Gasteiger partial charge in [-0.3, -0.25) is 9.59 Å². The second kappa shape index (κ2) is 7.83. The summed E-state index contributed by atoms with van der Waals surface area (Å²) >= 11 is 1.53. The molecule has 2 aromatic rings. The zero-order chi connectivity index (χ0) is 16.8. The molecule has 0 spiro atoms. The molecule has 0 saturated carbocycles. The van der Waals surface area contributed by atoms with Crippen molar-refractivity contribution in [3.63, 3.8) is 0 Å². The maximum absolute atomic E-state index is 12.0. The molecule has 0 heterocycles. The maximum Gasteiger partial charge on any atom is 0.234 e. The van der Waals surface area contributed by atoms with Gasteiger partial charge in [-0.1, -0.05) is 17.7 Å². The van der Waals surface area contributed by atoms with Crippen LogP contribution >= 0.6 is 11.8 Å². The van der Waals surface area contributed by atoms with E-state index in [0.717, 1.165) is 4.90 Å². The third-order valence-electron chi connectivity index (χ3n) is 3.19. The van der Waals surface area contributed by atoms with Gasteiger partial charge in [-0.15, -0.1) is 11.8 Å². The molecule has 23 heavy (non-hydrogen) atoms. The largest absolute Gasteiger partial charge is 0.326 e. The third-order valence-corrected chi connectivity index (χ3v) is 4.35. The molecule has 2 rings (SSSR count). The summed E-state index contributed by atoms with van der Waals surface area (Å²) in [5.41, 5.74) is 3.78. The van der Waals surface area contributed by atoms with Crippen LogP contribution in [0.2, 0.25) is 0 Å². The van der Waals surface area contributed by atoms with Crippen LogP contribution in [0.3, 0.4) is 0 Å². The molecular formula is C18H20N2O2S. The van der Waals surface area contributed by atoms with Crippen LogP contribution in [-0.4, -0.2) is 17.6 Å². The molecule has 0 unspecified atom stereocenters. The maximum atomic E-state index is 12.0. The minimum absolute atomic E-state index is 0.0526. The molecule has 2 aromatic carbocycles. The summed E-state index contributed by atoms with van der Waals surface area (Å²) in [6.45, 7) is 5.54. The third kappa shape index (κ3) is 5.45. The molecule has 0 aliphatic heterocycles. The second-order valence-electron chi connectivity index (χ2n) is 5.36. The van der Waals surface area contributed by atoms with Crippen molar-refractivity contribution in [2.45, 2.75) is 25.7 Å². The van der Waals surface area contributed by atoms with E-state index in [1.54, 1.807) is 24.3 Å². The molecule has 0 aliphatic rings. The van der Waals surface area contributed by atoms with E-state index in [2.05, 4.69) is 28.8 Å². The molecule has 5 heteroatoms. The van der Waals surface area contributed by atoms with Gasteiger partial charge in [-0.25, -0.2) is 0 Å². The second-order valence-corrected chi connectivity index (χ2v) is 6.38. The zero-order valence-corrected chi connectivity index (χ0v) is 14.3. The molecule has 120 valence electrons. The average Bonchev–Trinajstić information content (AvgIpc) is 2.50. The Balaban J connectivity index is 1.89. The molecule has 0 aromatic heterocycles. The van der Waals surface area contributed by atoms with E-state index in [1.165, 1.54) is 29.8 Å². The molecule has 4 nitrogen and oxygen atoms in total. The number of nitrogens with one attached hydrogen (secondary N) is 2. The van der Waals surface area contributed by atoms with E-state index >= 15 is 0 Å². The Hall–Kier alpha value is -2.27. The number of thioether (sulfide) groups is 1. The standard InChI is InChI=1S/C18H20N2O2S/c1-12-4-5-13(2)17(10-12)23-11-18(22)20-16-8-6-15(7-9-16)19-14(3)21/h4-10H,11H2,1-3H3,(H,19,21)(H,20,22). The molecule has 0 radical (unpaired) electrons. The van der Waals surface area contributed by atoms with Gasteiger partial charge in [0.05, 0.1) is 5.75 Å². The van der Waals surface area contributed by atoms with Gasteiger partial charge >= 0.3 is 0 Å². The van der Waals surface area contributed by atoms with Crippen LogP contribution in [-0.2, 0) is 9.59 Å². The van der Waals surface area contributed by atoms with E-state index in [4.69, 9.17) is 0 Å². The monoisotopic (exact) mass is 328 g/mol. The highest BCUT2D eigenvalue weighted by molar-refractivity contribution is 8.00. The molecule has 0 aliphatic carbocycles. The Labute approximate surface area is 140 Å². The highest BCUT2D eigenvalue weighted by Crippen LogP contribution is 2.23. The van der Waals surface area contributed by atoms with Crippen LogP contribution < -0.4 is 10.6 Å². The smallest absolute Gasteiger partial charge is 0.234 e. The van der Waals surface area contributed by atoms with Crippen molar-refractivity contribution in [3.8, 4) is 0 Å². The summed E-state index contributed by atoms with van der Waals surface area (Å²) in [7, 11) is 0. The fourth-order valence-corrected chi connectivity index (χ4v) is 2.97. The van der Waals surface area contributed by atoms with Gasteiger partial charge in [0.25, 0.3) is 0 Å². The first-order valence-corrected chi connectivity index (χ1v) is 8.30. The normalized spacial score (nSPS) is 10.2. The summed E-state index contributed by atoms with van der Waals surface area (Å²) in [6, 6.07) is 13.3. The van der Waals surface area contributed by atoms with Gasteiger partial charge < -0.3 is 10.6 Å². The SMILES string of the molecule is CC(=O)Nc1ccc(NC(=O)CSc2cc(C)ccc2C)cc1. The number of carbonyl (C=O) groups excluding carboxylic acids is 2. The first kappa shape index (κ1) is 17.1. The van der Waals surface area contributed by atoms with E-state index in [0.29, 0.717) is 17.1 Å². The molecule has 0 atom stereocenters. The number of benzene rings is 2. The van der Waals surface area contributed by atoms with E-state index < -0.39 is 0 Å². The Morgan fingerprint density at radius 3 is 2.17 bits per heavy atom. The number of anilines is 2. The number of rotatable bonds is 5. The molecular weight excluding hydrogens is 308 g/mol. The summed E-state index contributed by atoms with van der Waals surface area (Å²) in [6.07, 6.45) is 0. The predicted molar refractivity (Wildman–Crippen MR) is 96.0 cm³/mol. The molecule has 2 amide bonds. The van der Waals surface area contributed by atoms with E-state index in [1.807, 2.05) is 13.8 Å². The fourth-order valence-electron chi connectivity index (χ4n) is 2.04. The van der Waals surface area contributed by atoms with Gasteiger partial charge in [-0.05, 0) is 49.7 Å². The first-order chi connectivity index (χ1) is 10.9. The van der Waals surface area contributed by atoms with E-state index in [-0.39, 0.29) is 11.8 Å². The topological polar surface area (TPSA) is 58.2 Å². The molecule has 2 N–H and O–H groups in total. The van der Waals surface area contributed by atoms with Crippen molar-refractivity contribution in [1.82, 2.24) is 0 Å². The Kier molecular flexibility index (Phi) is 5.82. The Morgan fingerprint density at radius 1 is 0.957 bits per heavy atom. The lowest BCUT2D eigenvalue weighted by Crippen LogP contribution is -2.14. The highest BCUT2D eigenvalue weighted by atomic mass is 32.2.